The fourth-order valence-electron chi connectivity index (χ4n) is 1.28. The standard InChI is InChI=1S/C11H7BrF3NOS/c1-5-4-16-11(18-5)17-6-2-7(10(14)15)9(13)8(12)3-6/h2-4,10H,1H3. The van der Waals surface area contributed by atoms with Gasteiger partial charge in [-0.15, -0.1) is 0 Å². The van der Waals surface area contributed by atoms with Gasteiger partial charge in [0.25, 0.3) is 11.6 Å². The number of rotatable bonds is 3. The first-order valence-electron chi connectivity index (χ1n) is 4.84. The van der Waals surface area contributed by atoms with E-state index in [1.54, 1.807) is 6.20 Å². The van der Waals surface area contributed by atoms with Crippen molar-refractivity contribution in [1.29, 1.82) is 0 Å². The van der Waals surface area contributed by atoms with E-state index in [0.717, 1.165) is 10.9 Å². The molecule has 96 valence electrons. The summed E-state index contributed by atoms with van der Waals surface area (Å²) in [6.07, 6.45) is -1.30. The van der Waals surface area contributed by atoms with Gasteiger partial charge in [-0.05, 0) is 35.0 Å². The number of hydrogen-bond acceptors (Lipinski definition) is 3. The van der Waals surface area contributed by atoms with E-state index >= 15 is 0 Å². The normalized spacial score (nSPS) is 11.0. The van der Waals surface area contributed by atoms with Gasteiger partial charge >= 0.3 is 0 Å². The molecular formula is C11H7BrF3NOS. The summed E-state index contributed by atoms with van der Waals surface area (Å²) in [6.45, 7) is 1.84. The molecule has 2 rings (SSSR count). The number of thiazole rings is 1. The minimum Gasteiger partial charge on any atom is -0.431 e. The average Bonchev–Trinajstić information content (AvgIpc) is 2.68. The molecule has 1 aromatic heterocycles. The van der Waals surface area contributed by atoms with Crippen molar-refractivity contribution < 1.29 is 17.9 Å². The van der Waals surface area contributed by atoms with Crippen molar-refractivity contribution in [3.05, 3.63) is 39.1 Å². The van der Waals surface area contributed by atoms with Crippen LogP contribution in [-0.2, 0) is 0 Å². The zero-order valence-electron chi connectivity index (χ0n) is 9.08. The van der Waals surface area contributed by atoms with Crippen LogP contribution in [0.25, 0.3) is 0 Å². The minimum atomic E-state index is -2.90. The maximum Gasteiger partial charge on any atom is 0.278 e. The summed E-state index contributed by atoms with van der Waals surface area (Å²) in [5.74, 6) is -0.861. The molecule has 0 aliphatic rings. The molecule has 7 heteroatoms. The lowest BCUT2D eigenvalue weighted by atomic mass is 10.2. The lowest BCUT2D eigenvalue weighted by molar-refractivity contribution is 0.146. The van der Waals surface area contributed by atoms with Crippen LogP contribution in [0.1, 0.15) is 16.9 Å². The molecular weight excluding hydrogens is 331 g/mol. The molecule has 0 spiro atoms. The average molecular weight is 338 g/mol. The van der Waals surface area contributed by atoms with Gasteiger partial charge in [-0.2, -0.15) is 0 Å². The highest BCUT2D eigenvalue weighted by molar-refractivity contribution is 9.10. The van der Waals surface area contributed by atoms with Gasteiger partial charge in [0.1, 0.15) is 11.6 Å². The second-order valence-corrected chi connectivity index (χ2v) is 5.50. The van der Waals surface area contributed by atoms with E-state index in [1.165, 1.54) is 17.4 Å². The molecule has 18 heavy (non-hydrogen) atoms. The van der Waals surface area contributed by atoms with E-state index in [2.05, 4.69) is 20.9 Å². The Hall–Kier alpha value is -1.08. The summed E-state index contributed by atoms with van der Waals surface area (Å²) in [5, 5.41) is 0.325. The van der Waals surface area contributed by atoms with Gasteiger partial charge in [0.2, 0.25) is 0 Å². The first-order valence-corrected chi connectivity index (χ1v) is 6.45. The van der Waals surface area contributed by atoms with Gasteiger partial charge in [-0.3, -0.25) is 0 Å². The molecule has 0 bridgehead atoms. The number of nitrogens with zero attached hydrogens (tertiary/aromatic N) is 1. The molecule has 0 atom stereocenters. The third kappa shape index (κ3) is 2.84. The largest absolute Gasteiger partial charge is 0.431 e. The Morgan fingerprint density at radius 1 is 1.39 bits per heavy atom. The maximum absolute atomic E-state index is 13.4. The van der Waals surface area contributed by atoms with Crippen molar-refractivity contribution in [3.8, 4) is 10.9 Å². The number of halogens is 4. The Bertz CT molecular complexity index is 573. The molecule has 0 amide bonds. The molecule has 2 nitrogen and oxygen atoms in total. The summed E-state index contributed by atoms with van der Waals surface area (Å²) in [4.78, 5) is 4.87. The first-order chi connectivity index (χ1) is 8.47. The molecule has 1 heterocycles. The summed E-state index contributed by atoms with van der Waals surface area (Å²) >= 11 is 4.16. The van der Waals surface area contributed by atoms with Gasteiger partial charge in [0.15, 0.2) is 0 Å². The van der Waals surface area contributed by atoms with E-state index in [1.807, 2.05) is 6.92 Å². The van der Waals surface area contributed by atoms with E-state index in [0.29, 0.717) is 5.19 Å². The van der Waals surface area contributed by atoms with Crippen molar-refractivity contribution in [2.24, 2.45) is 0 Å². The van der Waals surface area contributed by atoms with Crippen LogP contribution in [0.5, 0.6) is 10.9 Å². The number of aryl methyl sites for hydroxylation is 1. The van der Waals surface area contributed by atoms with Crippen molar-refractivity contribution in [2.75, 3.05) is 0 Å². The van der Waals surface area contributed by atoms with Crippen LogP contribution in [0.15, 0.2) is 22.8 Å². The lowest BCUT2D eigenvalue weighted by Crippen LogP contribution is -1.94. The highest BCUT2D eigenvalue weighted by Crippen LogP contribution is 2.34. The van der Waals surface area contributed by atoms with Crippen LogP contribution in [0.3, 0.4) is 0 Å². The second kappa shape index (κ2) is 5.27. The zero-order chi connectivity index (χ0) is 13.3. The Labute approximate surface area is 114 Å². The molecule has 0 saturated heterocycles. The van der Waals surface area contributed by atoms with Crippen molar-refractivity contribution >= 4 is 27.3 Å². The first kappa shape index (κ1) is 13.4. The maximum atomic E-state index is 13.4. The molecule has 1 aromatic carbocycles. The van der Waals surface area contributed by atoms with Crippen LogP contribution in [0.4, 0.5) is 13.2 Å². The number of benzene rings is 1. The summed E-state index contributed by atoms with van der Waals surface area (Å²) < 4.78 is 43.8. The molecule has 0 aliphatic carbocycles. The molecule has 0 fully saturated rings. The van der Waals surface area contributed by atoms with Crippen LogP contribution in [-0.4, -0.2) is 4.98 Å². The molecule has 2 aromatic rings. The topological polar surface area (TPSA) is 22.1 Å². The smallest absolute Gasteiger partial charge is 0.278 e. The third-order valence-corrected chi connectivity index (χ3v) is 3.44. The minimum absolute atomic E-state index is 0.0661. The van der Waals surface area contributed by atoms with E-state index < -0.39 is 17.8 Å². The number of hydrogen-bond donors (Lipinski definition) is 0. The third-order valence-electron chi connectivity index (χ3n) is 2.07. The van der Waals surface area contributed by atoms with Crippen LogP contribution >= 0.6 is 27.3 Å². The number of aromatic nitrogens is 1. The Morgan fingerprint density at radius 2 is 2.11 bits per heavy atom. The van der Waals surface area contributed by atoms with Gasteiger partial charge < -0.3 is 4.74 Å². The monoisotopic (exact) mass is 337 g/mol. The molecule has 0 unspecified atom stereocenters. The Morgan fingerprint density at radius 3 is 2.67 bits per heavy atom. The number of ether oxygens (including phenoxy) is 1. The lowest BCUT2D eigenvalue weighted by Gasteiger charge is -2.07. The van der Waals surface area contributed by atoms with Gasteiger partial charge in [-0.1, -0.05) is 11.3 Å². The Kier molecular flexibility index (Phi) is 3.91. The van der Waals surface area contributed by atoms with Gasteiger partial charge in [0.05, 0.1) is 10.0 Å². The second-order valence-electron chi connectivity index (χ2n) is 3.45. The summed E-state index contributed by atoms with van der Waals surface area (Å²) in [6, 6.07) is 2.26. The van der Waals surface area contributed by atoms with Crippen LogP contribution in [0, 0.1) is 12.7 Å². The SMILES string of the molecule is Cc1cnc(Oc2cc(Br)c(F)c(C(F)F)c2)s1. The quantitative estimate of drug-likeness (QED) is 0.778. The van der Waals surface area contributed by atoms with E-state index in [4.69, 9.17) is 4.74 Å². The highest BCUT2D eigenvalue weighted by atomic mass is 79.9. The predicted octanol–water partition coefficient (Wildman–Crippen LogP) is 5.08. The molecule has 0 radical (unpaired) electrons. The van der Waals surface area contributed by atoms with E-state index in [-0.39, 0.29) is 10.2 Å². The highest BCUT2D eigenvalue weighted by Gasteiger charge is 2.18. The van der Waals surface area contributed by atoms with Crippen molar-refractivity contribution in [3.63, 3.8) is 0 Å². The van der Waals surface area contributed by atoms with Crippen LogP contribution in [0.2, 0.25) is 0 Å². The molecule has 0 saturated carbocycles. The van der Waals surface area contributed by atoms with Gasteiger partial charge in [-0.25, -0.2) is 18.2 Å². The summed E-state index contributed by atoms with van der Waals surface area (Å²) in [7, 11) is 0. The van der Waals surface area contributed by atoms with Crippen molar-refractivity contribution in [1.82, 2.24) is 4.98 Å². The Balaban J connectivity index is 2.34. The molecule has 0 aliphatic heterocycles. The van der Waals surface area contributed by atoms with Crippen molar-refractivity contribution in [2.45, 2.75) is 13.3 Å². The predicted molar refractivity (Wildman–Crippen MR) is 66.0 cm³/mol. The summed E-state index contributed by atoms with van der Waals surface area (Å²) in [5.41, 5.74) is -0.701. The fourth-order valence-corrected chi connectivity index (χ4v) is 2.36. The number of alkyl halides is 2. The zero-order valence-corrected chi connectivity index (χ0v) is 11.5. The molecule has 0 N–H and O–H groups in total. The van der Waals surface area contributed by atoms with Gasteiger partial charge in [0, 0.05) is 11.1 Å². The fraction of sp³-hybridized carbons (Fsp3) is 0.182. The van der Waals surface area contributed by atoms with E-state index in [9.17, 15) is 13.2 Å². The van der Waals surface area contributed by atoms with Crippen LogP contribution < -0.4 is 4.74 Å².